The zero-order valence-electron chi connectivity index (χ0n) is 18.1. The molecule has 4 rings (SSSR count). The van der Waals surface area contributed by atoms with E-state index in [1.807, 2.05) is 19.1 Å². The van der Waals surface area contributed by atoms with Gasteiger partial charge in [-0.1, -0.05) is 42.8 Å². The van der Waals surface area contributed by atoms with Crippen molar-refractivity contribution in [2.75, 3.05) is 6.54 Å². The number of hydrogen-bond acceptors (Lipinski definition) is 6. The van der Waals surface area contributed by atoms with E-state index in [-0.39, 0.29) is 22.7 Å². The van der Waals surface area contributed by atoms with Gasteiger partial charge in [0.1, 0.15) is 6.54 Å². The third kappa shape index (κ3) is 4.22. The van der Waals surface area contributed by atoms with E-state index >= 15 is 0 Å². The zero-order valence-corrected chi connectivity index (χ0v) is 18.8. The topological polar surface area (TPSA) is 118 Å². The average molecular weight is 482 g/mol. The molecule has 0 radical (unpaired) electrons. The number of nitro benzene ring substituents is 1. The lowest BCUT2D eigenvalue weighted by molar-refractivity contribution is -0.384. The van der Waals surface area contributed by atoms with Crippen LogP contribution >= 0.6 is 11.6 Å². The van der Waals surface area contributed by atoms with Crippen molar-refractivity contribution in [3.8, 4) is 0 Å². The smallest absolute Gasteiger partial charge is 0.273 e. The molecule has 1 fully saturated rings. The number of nitrogens with zero attached hydrogens (tertiary/aromatic N) is 3. The molecule has 0 spiro atoms. The van der Waals surface area contributed by atoms with Crippen molar-refractivity contribution < 1.29 is 24.1 Å². The van der Waals surface area contributed by atoms with Gasteiger partial charge in [0.05, 0.1) is 16.8 Å². The standard InChI is InChI=1S/C24H20ClN3O6/c1-14-4-2-7-19-21(14)24(32)27(23(19)31)26(22(30)15-8-10-17(25)11-9-15)13-20(29)16-5-3-6-18(12-16)28(33)34/h2-6,8-12,14,19,21H,7,13H2,1H3/t14-,19-,21+/m1/s1. The van der Waals surface area contributed by atoms with Crippen LogP contribution in [0, 0.1) is 27.9 Å². The fourth-order valence-electron chi connectivity index (χ4n) is 4.36. The summed E-state index contributed by atoms with van der Waals surface area (Å²) in [6, 6.07) is 10.9. The largest absolute Gasteiger partial charge is 0.292 e. The van der Waals surface area contributed by atoms with Crippen LogP contribution in [-0.4, -0.2) is 45.0 Å². The summed E-state index contributed by atoms with van der Waals surface area (Å²) in [5.41, 5.74) is -0.187. The Morgan fingerprint density at radius 3 is 2.47 bits per heavy atom. The lowest BCUT2D eigenvalue weighted by atomic mass is 9.78. The first-order valence-electron chi connectivity index (χ1n) is 10.6. The molecular weight excluding hydrogens is 462 g/mol. The summed E-state index contributed by atoms with van der Waals surface area (Å²) in [6.45, 7) is 1.17. The second kappa shape index (κ2) is 9.18. The first-order chi connectivity index (χ1) is 16.2. The number of non-ortho nitro benzene ring substituents is 1. The highest BCUT2D eigenvalue weighted by Gasteiger charge is 2.53. The first kappa shape index (κ1) is 23.3. The van der Waals surface area contributed by atoms with Crippen LogP contribution in [-0.2, 0) is 9.59 Å². The van der Waals surface area contributed by atoms with Crippen molar-refractivity contribution in [3.05, 3.63) is 86.9 Å². The van der Waals surface area contributed by atoms with Gasteiger partial charge in [-0.05, 0) is 36.6 Å². The van der Waals surface area contributed by atoms with E-state index in [0.29, 0.717) is 11.4 Å². The fourth-order valence-corrected chi connectivity index (χ4v) is 4.49. The molecule has 2 aromatic rings. The normalized spacial score (nSPS) is 21.4. The van der Waals surface area contributed by atoms with E-state index in [0.717, 1.165) is 16.1 Å². The van der Waals surface area contributed by atoms with Gasteiger partial charge in [0.2, 0.25) is 0 Å². The number of fused-ring (bicyclic) bond motifs is 1. The van der Waals surface area contributed by atoms with Gasteiger partial charge in [-0.2, -0.15) is 5.01 Å². The summed E-state index contributed by atoms with van der Waals surface area (Å²) >= 11 is 5.91. The molecule has 3 amide bonds. The summed E-state index contributed by atoms with van der Waals surface area (Å²) in [5.74, 6) is -3.97. The highest BCUT2D eigenvalue weighted by atomic mass is 35.5. The van der Waals surface area contributed by atoms with Crippen LogP contribution in [0.3, 0.4) is 0 Å². The van der Waals surface area contributed by atoms with Gasteiger partial charge in [0.25, 0.3) is 23.4 Å². The number of benzene rings is 2. The van der Waals surface area contributed by atoms with E-state index in [1.54, 1.807) is 0 Å². The number of amides is 3. The maximum atomic E-state index is 13.4. The minimum atomic E-state index is -0.739. The van der Waals surface area contributed by atoms with Crippen molar-refractivity contribution in [1.29, 1.82) is 0 Å². The van der Waals surface area contributed by atoms with Crippen molar-refractivity contribution in [1.82, 2.24) is 10.0 Å². The molecule has 1 saturated heterocycles. The third-order valence-electron chi connectivity index (χ3n) is 6.09. The van der Waals surface area contributed by atoms with Gasteiger partial charge < -0.3 is 0 Å². The van der Waals surface area contributed by atoms with Crippen molar-refractivity contribution in [3.63, 3.8) is 0 Å². The zero-order chi connectivity index (χ0) is 24.6. The molecule has 0 N–H and O–H groups in total. The quantitative estimate of drug-likeness (QED) is 0.204. The van der Waals surface area contributed by atoms with Crippen LogP contribution in [0.2, 0.25) is 5.02 Å². The second-order valence-electron chi connectivity index (χ2n) is 8.24. The molecule has 34 heavy (non-hydrogen) atoms. The predicted octanol–water partition coefficient (Wildman–Crippen LogP) is 3.69. The molecule has 2 aliphatic rings. The van der Waals surface area contributed by atoms with E-state index in [2.05, 4.69) is 0 Å². The molecule has 1 aliphatic carbocycles. The van der Waals surface area contributed by atoms with Crippen LogP contribution in [0.1, 0.15) is 34.1 Å². The molecule has 1 heterocycles. The van der Waals surface area contributed by atoms with Crippen LogP contribution in [0.25, 0.3) is 0 Å². The molecule has 2 aromatic carbocycles. The van der Waals surface area contributed by atoms with Gasteiger partial charge in [-0.3, -0.25) is 29.3 Å². The number of hydrogen-bond donors (Lipinski definition) is 0. The van der Waals surface area contributed by atoms with E-state index in [9.17, 15) is 29.3 Å². The Kier molecular flexibility index (Phi) is 6.30. The summed E-state index contributed by atoms with van der Waals surface area (Å²) in [7, 11) is 0. The number of nitro groups is 1. The fraction of sp³-hybridized carbons (Fsp3) is 0.250. The Hall–Kier alpha value is -3.85. The third-order valence-corrected chi connectivity index (χ3v) is 6.34. The summed E-state index contributed by atoms with van der Waals surface area (Å²) in [5, 5.41) is 13.1. The van der Waals surface area contributed by atoms with Crippen molar-refractivity contribution in [2.45, 2.75) is 13.3 Å². The SMILES string of the molecule is C[C@@H]1C=CC[C@H]2C(=O)N(N(CC(=O)c3cccc([N+](=O)[O-])c3)C(=O)c3ccc(Cl)cc3)C(=O)[C@@H]12. The van der Waals surface area contributed by atoms with Crippen LogP contribution in [0.4, 0.5) is 5.69 Å². The minimum absolute atomic E-state index is 0.0188. The Balaban J connectivity index is 1.71. The highest BCUT2D eigenvalue weighted by molar-refractivity contribution is 6.30. The Morgan fingerprint density at radius 2 is 1.82 bits per heavy atom. The molecule has 0 aromatic heterocycles. The molecule has 0 saturated carbocycles. The minimum Gasteiger partial charge on any atom is -0.292 e. The molecule has 174 valence electrons. The van der Waals surface area contributed by atoms with Crippen LogP contribution < -0.4 is 0 Å². The number of rotatable bonds is 6. The molecule has 3 atom stereocenters. The molecule has 0 bridgehead atoms. The van der Waals surface area contributed by atoms with Gasteiger partial charge in [-0.25, -0.2) is 5.01 Å². The highest BCUT2D eigenvalue weighted by Crippen LogP contribution is 2.39. The molecule has 10 heteroatoms. The van der Waals surface area contributed by atoms with Gasteiger partial charge >= 0.3 is 0 Å². The second-order valence-corrected chi connectivity index (χ2v) is 8.68. The Bertz CT molecular complexity index is 1230. The monoisotopic (exact) mass is 481 g/mol. The molecule has 0 unspecified atom stereocenters. The van der Waals surface area contributed by atoms with Crippen molar-refractivity contribution >= 4 is 40.8 Å². The molecule has 1 aliphatic heterocycles. The van der Waals surface area contributed by atoms with E-state index < -0.39 is 46.8 Å². The Labute approximate surface area is 199 Å². The van der Waals surface area contributed by atoms with Crippen molar-refractivity contribution in [2.24, 2.45) is 17.8 Å². The lowest BCUT2D eigenvalue weighted by Gasteiger charge is -2.30. The average Bonchev–Trinajstić information content (AvgIpc) is 3.08. The Morgan fingerprint density at radius 1 is 1.12 bits per heavy atom. The number of halogens is 1. The predicted molar refractivity (Wildman–Crippen MR) is 122 cm³/mol. The summed E-state index contributed by atoms with van der Waals surface area (Å²) in [6.07, 6.45) is 4.05. The van der Waals surface area contributed by atoms with Gasteiger partial charge in [0.15, 0.2) is 5.78 Å². The number of hydrazine groups is 1. The number of ketones is 1. The number of Topliss-reactive ketones (excluding diaryl/α,β-unsaturated/α-hetero) is 1. The summed E-state index contributed by atoms with van der Waals surface area (Å²) < 4.78 is 0. The van der Waals surface area contributed by atoms with Crippen LogP contribution in [0.15, 0.2) is 60.7 Å². The lowest BCUT2D eigenvalue weighted by Crippen LogP contribution is -2.52. The van der Waals surface area contributed by atoms with E-state index in [4.69, 9.17) is 11.6 Å². The first-order valence-corrected chi connectivity index (χ1v) is 11.0. The van der Waals surface area contributed by atoms with Gasteiger partial charge in [-0.15, -0.1) is 0 Å². The van der Waals surface area contributed by atoms with E-state index in [1.165, 1.54) is 42.5 Å². The van der Waals surface area contributed by atoms with Gasteiger partial charge in [0, 0.05) is 28.3 Å². The summed E-state index contributed by atoms with van der Waals surface area (Å²) in [4.78, 5) is 63.5. The number of imide groups is 1. The molecule has 9 nitrogen and oxygen atoms in total. The maximum Gasteiger partial charge on any atom is 0.273 e. The molecular formula is C24H20ClN3O6. The number of carbonyl (C=O) groups excluding carboxylic acids is 4. The van der Waals surface area contributed by atoms with Crippen LogP contribution in [0.5, 0.6) is 0 Å². The number of allylic oxidation sites excluding steroid dienone is 2. The number of carbonyl (C=O) groups is 4. The maximum absolute atomic E-state index is 13.4.